The molecule has 0 aliphatic carbocycles. The fourth-order valence-corrected chi connectivity index (χ4v) is 4.52. The van der Waals surface area contributed by atoms with E-state index in [1.165, 1.54) is 6.92 Å². The minimum Gasteiger partial charge on any atom is -0.372 e. The minimum absolute atomic E-state index is 0.0744. The maximum Gasteiger partial charge on any atom is 0.217 e. The smallest absolute Gasteiger partial charge is 0.217 e. The van der Waals surface area contributed by atoms with Crippen LogP contribution >= 0.6 is 0 Å². The lowest BCUT2D eigenvalue weighted by atomic mass is 10.3. The molecular formula is C17H24N2O5S. The molecule has 0 aromatic heterocycles. The summed E-state index contributed by atoms with van der Waals surface area (Å²) in [5, 5.41) is 2.80. The summed E-state index contributed by atoms with van der Waals surface area (Å²) in [7, 11) is -3.28. The van der Waals surface area contributed by atoms with E-state index in [2.05, 4.69) is 10.2 Å². The van der Waals surface area contributed by atoms with Crippen LogP contribution in [-0.4, -0.2) is 76.1 Å². The molecule has 1 aromatic carbocycles. The van der Waals surface area contributed by atoms with Crippen LogP contribution in [0, 0.1) is 0 Å². The Hall–Kier alpha value is -1.48. The first kappa shape index (κ1) is 18.3. The molecule has 2 fully saturated rings. The molecule has 0 bridgehead atoms. The van der Waals surface area contributed by atoms with E-state index in [-0.39, 0.29) is 29.9 Å². The third-order valence-electron chi connectivity index (χ3n) is 4.50. The highest BCUT2D eigenvalue weighted by Gasteiger charge is 2.37. The maximum atomic E-state index is 12.4. The number of benzene rings is 1. The van der Waals surface area contributed by atoms with Gasteiger partial charge in [0.15, 0.2) is 9.84 Å². The zero-order valence-corrected chi connectivity index (χ0v) is 15.1. The number of nitrogens with zero attached hydrogens (tertiary/aromatic N) is 1. The molecule has 8 heteroatoms. The van der Waals surface area contributed by atoms with Gasteiger partial charge in [0, 0.05) is 26.6 Å². The second-order valence-corrected chi connectivity index (χ2v) is 8.64. The normalized spacial score (nSPS) is 25.3. The van der Waals surface area contributed by atoms with Gasteiger partial charge in [-0.2, -0.15) is 0 Å². The van der Waals surface area contributed by atoms with Crippen LogP contribution in [-0.2, 0) is 24.1 Å². The van der Waals surface area contributed by atoms with Crippen molar-refractivity contribution in [3.05, 3.63) is 30.3 Å². The van der Waals surface area contributed by atoms with Crippen LogP contribution in [0.5, 0.6) is 0 Å². The molecule has 1 amide bonds. The van der Waals surface area contributed by atoms with Gasteiger partial charge in [-0.15, -0.1) is 0 Å². The van der Waals surface area contributed by atoms with Crippen molar-refractivity contribution >= 4 is 15.7 Å². The van der Waals surface area contributed by atoms with Gasteiger partial charge in [0.05, 0.1) is 42.1 Å². The zero-order chi connectivity index (χ0) is 17.9. The summed E-state index contributed by atoms with van der Waals surface area (Å²) in [4.78, 5) is 13.6. The van der Waals surface area contributed by atoms with Gasteiger partial charge >= 0.3 is 0 Å². The van der Waals surface area contributed by atoms with E-state index in [1.54, 1.807) is 30.3 Å². The highest BCUT2D eigenvalue weighted by Crippen LogP contribution is 2.20. The fraction of sp³-hybridized carbons (Fsp3) is 0.588. The van der Waals surface area contributed by atoms with Gasteiger partial charge < -0.3 is 14.8 Å². The van der Waals surface area contributed by atoms with Gasteiger partial charge in [-0.05, 0) is 12.1 Å². The first-order chi connectivity index (χ1) is 11.9. The average molecular weight is 368 g/mol. The monoisotopic (exact) mass is 368 g/mol. The Labute approximate surface area is 148 Å². The Morgan fingerprint density at radius 1 is 1.16 bits per heavy atom. The zero-order valence-electron chi connectivity index (χ0n) is 14.3. The molecular weight excluding hydrogens is 344 g/mol. The summed E-state index contributed by atoms with van der Waals surface area (Å²) in [5.74, 6) is -0.0256. The van der Waals surface area contributed by atoms with E-state index in [9.17, 15) is 13.2 Å². The van der Waals surface area contributed by atoms with Crippen LogP contribution in [0.1, 0.15) is 6.92 Å². The van der Waals surface area contributed by atoms with Crippen molar-refractivity contribution in [3.8, 4) is 0 Å². The van der Waals surface area contributed by atoms with Gasteiger partial charge in [-0.25, -0.2) is 8.42 Å². The number of carbonyl (C=O) groups excluding carboxylic acids is 1. The van der Waals surface area contributed by atoms with E-state index >= 15 is 0 Å². The molecule has 2 atom stereocenters. The molecule has 138 valence electrons. The van der Waals surface area contributed by atoms with E-state index in [0.717, 1.165) is 0 Å². The van der Waals surface area contributed by atoms with Crippen LogP contribution in [0.4, 0.5) is 0 Å². The highest BCUT2D eigenvalue weighted by atomic mass is 32.2. The Kier molecular flexibility index (Phi) is 5.73. The molecule has 0 spiro atoms. The number of amides is 1. The van der Waals surface area contributed by atoms with Crippen molar-refractivity contribution in [3.63, 3.8) is 0 Å². The fourth-order valence-electron chi connectivity index (χ4n) is 3.21. The molecule has 25 heavy (non-hydrogen) atoms. The molecule has 0 saturated carbocycles. The largest absolute Gasteiger partial charge is 0.372 e. The van der Waals surface area contributed by atoms with Gasteiger partial charge in [0.25, 0.3) is 0 Å². The number of sulfone groups is 1. The quantitative estimate of drug-likeness (QED) is 0.791. The van der Waals surface area contributed by atoms with Gasteiger partial charge in [-0.3, -0.25) is 9.69 Å². The molecule has 2 saturated heterocycles. The van der Waals surface area contributed by atoms with Crippen molar-refractivity contribution < 1.29 is 22.7 Å². The topological polar surface area (TPSA) is 84.9 Å². The lowest BCUT2D eigenvalue weighted by Crippen LogP contribution is -2.40. The number of rotatable bonds is 5. The average Bonchev–Trinajstić information content (AvgIpc) is 2.89. The third-order valence-corrected chi connectivity index (χ3v) is 6.21. The number of hydrogen-bond donors (Lipinski definition) is 1. The summed E-state index contributed by atoms with van der Waals surface area (Å²) < 4.78 is 36.5. The minimum atomic E-state index is -3.28. The van der Waals surface area contributed by atoms with Crippen molar-refractivity contribution in [2.45, 2.75) is 30.1 Å². The Morgan fingerprint density at radius 2 is 1.76 bits per heavy atom. The van der Waals surface area contributed by atoms with E-state index in [4.69, 9.17) is 9.47 Å². The molecule has 1 aromatic rings. The summed E-state index contributed by atoms with van der Waals surface area (Å²) in [6.45, 7) is 4.03. The van der Waals surface area contributed by atoms with E-state index in [1.807, 2.05) is 0 Å². The SMILES string of the molecule is CC(=O)NC1CO[C@H]2CN(CCS(=O)(=O)c3ccccc3)C[C@@H]2OC1. The summed E-state index contributed by atoms with van der Waals surface area (Å²) >= 11 is 0. The maximum absolute atomic E-state index is 12.4. The number of carbonyl (C=O) groups is 1. The predicted molar refractivity (Wildman–Crippen MR) is 92.0 cm³/mol. The van der Waals surface area contributed by atoms with Crippen molar-refractivity contribution in [1.29, 1.82) is 0 Å². The Bertz CT molecular complexity index is 678. The van der Waals surface area contributed by atoms with Crippen LogP contribution in [0.2, 0.25) is 0 Å². The second-order valence-electron chi connectivity index (χ2n) is 6.53. The van der Waals surface area contributed by atoms with E-state index < -0.39 is 9.84 Å². The number of nitrogens with one attached hydrogen (secondary N) is 1. The lowest BCUT2D eigenvalue weighted by molar-refractivity contribution is -0.120. The molecule has 0 unspecified atom stereocenters. The molecule has 7 nitrogen and oxygen atoms in total. The summed E-state index contributed by atoms with van der Waals surface area (Å²) in [6.07, 6.45) is -0.170. The molecule has 0 radical (unpaired) electrons. The van der Waals surface area contributed by atoms with Gasteiger partial charge in [0.1, 0.15) is 0 Å². The van der Waals surface area contributed by atoms with Crippen molar-refractivity contribution in [2.75, 3.05) is 38.6 Å². The van der Waals surface area contributed by atoms with Crippen LogP contribution < -0.4 is 5.32 Å². The Morgan fingerprint density at radius 3 is 2.32 bits per heavy atom. The summed E-state index contributed by atoms with van der Waals surface area (Å²) in [6, 6.07) is 8.38. The molecule has 3 rings (SSSR count). The number of fused-ring (bicyclic) bond motifs is 1. The second kappa shape index (κ2) is 7.82. The van der Waals surface area contributed by atoms with Gasteiger partial charge in [-0.1, -0.05) is 18.2 Å². The predicted octanol–water partition coefficient (Wildman–Crippen LogP) is 0.0646. The van der Waals surface area contributed by atoms with Crippen molar-refractivity contribution in [2.24, 2.45) is 0 Å². The standard InChI is InChI=1S/C17H24N2O5S/c1-13(20)18-14-11-23-16-9-19(10-17(16)24-12-14)7-8-25(21,22)15-5-3-2-4-6-15/h2-6,14,16-17H,7-12H2,1H3,(H,18,20)/t16-,17-/m0/s1. The molecule has 1 N–H and O–H groups in total. The molecule has 2 aliphatic rings. The van der Waals surface area contributed by atoms with Crippen LogP contribution in [0.25, 0.3) is 0 Å². The molecule has 2 heterocycles. The van der Waals surface area contributed by atoms with Crippen molar-refractivity contribution in [1.82, 2.24) is 10.2 Å². The first-order valence-corrected chi connectivity index (χ1v) is 10.1. The number of likely N-dealkylation sites (tertiary alicyclic amines) is 1. The first-order valence-electron chi connectivity index (χ1n) is 8.44. The molecule has 2 aliphatic heterocycles. The van der Waals surface area contributed by atoms with Gasteiger partial charge in [0.2, 0.25) is 5.91 Å². The highest BCUT2D eigenvalue weighted by molar-refractivity contribution is 7.91. The Balaban J connectivity index is 1.51. The third kappa shape index (κ3) is 4.78. The van der Waals surface area contributed by atoms with Crippen LogP contribution in [0.15, 0.2) is 35.2 Å². The number of hydrogen-bond acceptors (Lipinski definition) is 6. The lowest BCUT2D eigenvalue weighted by Gasteiger charge is -2.18. The number of ether oxygens (including phenoxy) is 2. The van der Waals surface area contributed by atoms with E-state index in [0.29, 0.717) is 37.7 Å². The summed E-state index contributed by atoms with van der Waals surface area (Å²) in [5.41, 5.74) is 0. The van der Waals surface area contributed by atoms with Crippen LogP contribution in [0.3, 0.4) is 0 Å².